The van der Waals surface area contributed by atoms with Crippen LogP contribution in [0.15, 0.2) is 55.1 Å². The number of aromatic hydroxyl groups is 1. The molecule has 0 aliphatic rings. The molecule has 0 aliphatic carbocycles. The van der Waals surface area contributed by atoms with Crippen molar-refractivity contribution in [2.75, 3.05) is 18.0 Å². The van der Waals surface area contributed by atoms with Crippen molar-refractivity contribution >= 4 is 17.5 Å². The molecule has 0 fully saturated rings. The Kier molecular flexibility index (Phi) is 16.4. The molecular weight excluding hydrogens is 430 g/mol. The molecule has 2 unspecified atom stereocenters. The highest BCUT2D eigenvalue weighted by molar-refractivity contribution is 5.72. The van der Waals surface area contributed by atoms with Crippen LogP contribution in [0.3, 0.4) is 0 Å². The molecule has 2 aromatic rings. The standard InChI is InChI=1S/C16H27N.C11H12O2.C5H12/c1-6-13(4)14(5)15-9-11-16(12-10-15)17(7-2)8-3;1-3-8-9(10(12)4-2)6-5-7-11(8)13;1-4-5(2)3/h9-14H,6-8H2,1-5H3;3-7,12-13H,1H2,2H3;5H,4H2,1-3H3/b;10-4+;. The summed E-state index contributed by atoms with van der Waals surface area (Å²) < 4.78 is 0. The van der Waals surface area contributed by atoms with Crippen LogP contribution in [0.4, 0.5) is 5.69 Å². The predicted molar refractivity (Wildman–Crippen MR) is 157 cm³/mol. The number of hydrogen-bond acceptors (Lipinski definition) is 3. The van der Waals surface area contributed by atoms with E-state index < -0.39 is 0 Å². The van der Waals surface area contributed by atoms with Crippen LogP contribution in [0.2, 0.25) is 0 Å². The van der Waals surface area contributed by atoms with E-state index in [0.29, 0.717) is 17.0 Å². The maximum Gasteiger partial charge on any atom is 0.123 e. The van der Waals surface area contributed by atoms with Crippen LogP contribution < -0.4 is 4.90 Å². The highest BCUT2D eigenvalue weighted by Crippen LogP contribution is 2.28. The van der Waals surface area contributed by atoms with Crippen molar-refractivity contribution in [1.82, 2.24) is 0 Å². The van der Waals surface area contributed by atoms with Crippen molar-refractivity contribution in [3.05, 3.63) is 71.8 Å². The third-order valence-corrected chi connectivity index (χ3v) is 6.70. The van der Waals surface area contributed by atoms with Gasteiger partial charge in [0.1, 0.15) is 11.5 Å². The average molecular weight is 482 g/mol. The number of phenolic OH excluding ortho intramolecular Hbond substituents is 1. The van der Waals surface area contributed by atoms with Crippen molar-refractivity contribution in [1.29, 1.82) is 0 Å². The van der Waals surface area contributed by atoms with Gasteiger partial charge in [-0.15, -0.1) is 0 Å². The summed E-state index contributed by atoms with van der Waals surface area (Å²) in [5, 5.41) is 18.9. The zero-order valence-corrected chi connectivity index (χ0v) is 23.8. The second kappa shape index (κ2) is 17.7. The van der Waals surface area contributed by atoms with Gasteiger partial charge in [-0.05, 0) is 68.4 Å². The predicted octanol–water partition coefficient (Wildman–Crippen LogP) is 9.69. The Morgan fingerprint density at radius 2 is 1.46 bits per heavy atom. The fraction of sp³-hybridized carbons (Fsp3) is 0.500. The smallest absolute Gasteiger partial charge is 0.123 e. The van der Waals surface area contributed by atoms with E-state index in [0.717, 1.165) is 24.9 Å². The van der Waals surface area contributed by atoms with Gasteiger partial charge < -0.3 is 15.1 Å². The molecule has 2 atom stereocenters. The summed E-state index contributed by atoms with van der Waals surface area (Å²) in [4.78, 5) is 2.39. The summed E-state index contributed by atoms with van der Waals surface area (Å²) in [7, 11) is 0. The Hall–Kier alpha value is -2.68. The van der Waals surface area contributed by atoms with Crippen molar-refractivity contribution in [2.45, 2.75) is 81.1 Å². The minimum absolute atomic E-state index is 0.126. The lowest BCUT2D eigenvalue weighted by Gasteiger charge is -2.23. The summed E-state index contributed by atoms with van der Waals surface area (Å²) in [5.74, 6) is 2.57. The topological polar surface area (TPSA) is 43.7 Å². The van der Waals surface area contributed by atoms with Crippen molar-refractivity contribution < 1.29 is 10.2 Å². The molecule has 0 bridgehead atoms. The quantitative estimate of drug-likeness (QED) is 0.350. The Labute approximate surface area is 216 Å². The number of nitrogens with zero attached hydrogens (tertiary/aromatic N) is 1. The first kappa shape index (κ1) is 32.3. The van der Waals surface area contributed by atoms with E-state index in [9.17, 15) is 10.2 Å². The van der Waals surface area contributed by atoms with Gasteiger partial charge in [-0.3, -0.25) is 0 Å². The first-order valence-corrected chi connectivity index (χ1v) is 13.3. The number of phenols is 1. The van der Waals surface area contributed by atoms with Crippen molar-refractivity contribution in [3.63, 3.8) is 0 Å². The fourth-order valence-electron chi connectivity index (χ4n) is 3.41. The monoisotopic (exact) mass is 481 g/mol. The van der Waals surface area contributed by atoms with E-state index >= 15 is 0 Å². The molecule has 3 nitrogen and oxygen atoms in total. The first-order valence-electron chi connectivity index (χ1n) is 13.3. The maximum absolute atomic E-state index is 9.47. The molecule has 2 aromatic carbocycles. The van der Waals surface area contributed by atoms with Crippen LogP contribution in [0.1, 0.15) is 97.8 Å². The molecule has 35 heavy (non-hydrogen) atoms. The Morgan fingerprint density at radius 3 is 1.86 bits per heavy atom. The maximum atomic E-state index is 9.47. The molecule has 0 aromatic heterocycles. The number of allylic oxidation sites excluding steroid dienone is 1. The van der Waals surface area contributed by atoms with Gasteiger partial charge in [-0.2, -0.15) is 0 Å². The lowest BCUT2D eigenvalue weighted by molar-refractivity contribution is 0.471. The normalized spacial score (nSPS) is 12.6. The molecule has 0 heterocycles. The van der Waals surface area contributed by atoms with E-state index in [-0.39, 0.29) is 11.5 Å². The molecule has 2 rings (SSSR count). The van der Waals surface area contributed by atoms with Crippen LogP contribution in [0.5, 0.6) is 5.75 Å². The van der Waals surface area contributed by atoms with E-state index in [1.165, 1.54) is 30.2 Å². The Bertz CT molecular complexity index is 864. The highest BCUT2D eigenvalue weighted by atomic mass is 16.3. The minimum atomic E-state index is 0.126. The number of hydrogen-bond donors (Lipinski definition) is 2. The Balaban J connectivity index is 0.000000567. The third-order valence-electron chi connectivity index (χ3n) is 6.70. The number of anilines is 1. The zero-order valence-electron chi connectivity index (χ0n) is 23.8. The molecule has 0 spiro atoms. The summed E-state index contributed by atoms with van der Waals surface area (Å²) in [5.41, 5.74) is 3.96. The van der Waals surface area contributed by atoms with Crippen molar-refractivity contribution in [2.24, 2.45) is 11.8 Å². The van der Waals surface area contributed by atoms with E-state index in [1.54, 1.807) is 31.2 Å². The molecule has 0 saturated carbocycles. The van der Waals surface area contributed by atoms with Gasteiger partial charge in [0.05, 0.1) is 0 Å². The second-order valence-electron chi connectivity index (χ2n) is 9.36. The fourth-order valence-corrected chi connectivity index (χ4v) is 3.41. The SMILES string of the molecule is C=Cc1c(O)cccc1/C(O)=C\C.CCC(C)C.CCC(C)C(C)c1ccc(N(CC)CC)cc1. The van der Waals surface area contributed by atoms with Crippen LogP contribution in [0.25, 0.3) is 11.8 Å². The number of aliphatic hydroxyl groups is 1. The van der Waals surface area contributed by atoms with E-state index in [1.807, 2.05) is 0 Å². The van der Waals surface area contributed by atoms with Gasteiger partial charge in [0.2, 0.25) is 0 Å². The van der Waals surface area contributed by atoms with E-state index in [2.05, 4.69) is 91.1 Å². The highest BCUT2D eigenvalue weighted by Gasteiger charge is 2.12. The van der Waals surface area contributed by atoms with Crippen molar-refractivity contribution in [3.8, 4) is 5.75 Å². The summed E-state index contributed by atoms with van der Waals surface area (Å²) in [6.07, 6.45) is 5.64. The van der Waals surface area contributed by atoms with Gasteiger partial charge in [0.25, 0.3) is 0 Å². The first-order chi connectivity index (χ1) is 16.6. The summed E-state index contributed by atoms with van der Waals surface area (Å²) in [6, 6.07) is 14.1. The number of rotatable bonds is 9. The van der Waals surface area contributed by atoms with Crippen LogP contribution in [0, 0.1) is 11.8 Å². The molecule has 0 amide bonds. The van der Waals surface area contributed by atoms with Crippen LogP contribution in [-0.4, -0.2) is 23.3 Å². The molecule has 0 radical (unpaired) electrons. The molecule has 2 N–H and O–H groups in total. The van der Waals surface area contributed by atoms with Gasteiger partial charge >= 0.3 is 0 Å². The molecule has 0 saturated heterocycles. The van der Waals surface area contributed by atoms with Gasteiger partial charge in [0.15, 0.2) is 0 Å². The second-order valence-corrected chi connectivity index (χ2v) is 9.36. The lowest BCUT2D eigenvalue weighted by atomic mass is 9.87. The average Bonchev–Trinajstić information content (AvgIpc) is 2.88. The number of aliphatic hydroxyl groups excluding tert-OH is 1. The summed E-state index contributed by atoms with van der Waals surface area (Å²) >= 11 is 0. The Morgan fingerprint density at radius 1 is 0.914 bits per heavy atom. The van der Waals surface area contributed by atoms with Gasteiger partial charge in [0, 0.05) is 29.9 Å². The zero-order chi connectivity index (χ0) is 27.0. The van der Waals surface area contributed by atoms with Gasteiger partial charge in [-0.1, -0.05) is 91.3 Å². The summed E-state index contributed by atoms with van der Waals surface area (Å²) in [6.45, 7) is 25.5. The molecule has 3 heteroatoms. The van der Waals surface area contributed by atoms with E-state index in [4.69, 9.17) is 0 Å². The van der Waals surface area contributed by atoms with Crippen LogP contribution in [-0.2, 0) is 0 Å². The lowest BCUT2D eigenvalue weighted by Crippen LogP contribution is -2.21. The molecule has 196 valence electrons. The molecule has 0 aliphatic heterocycles. The minimum Gasteiger partial charge on any atom is -0.508 e. The van der Waals surface area contributed by atoms with Crippen LogP contribution >= 0.6 is 0 Å². The largest absolute Gasteiger partial charge is 0.508 e. The van der Waals surface area contributed by atoms with Gasteiger partial charge in [-0.25, -0.2) is 0 Å². The number of benzene rings is 2. The molecular formula is C32H51NO2. The third kappa shape index (κ3) is 11.1.